The molecule has 0 aliphatic carbocycles. The molecule has 0 radical (unpaired) electrons. The van der Waals surface area contributed by atoms with E-state index < -0.39 is 0 Å². The second kappa shape index (κ2) is 7.43. The first-order chi connectivity index (χ1) is 7.24. The predicted molar refractivity (Wildman–Crippen MR) is 72.7 cm³/mol. The summed E-state index contributed by atoms with van der Waals surface area (Å²) in [7, 11) is 3.73. The Morgan fingerprint density at radius 3 is 3.07 bits per heavy atom. The maximum absolute atomic E-state index is 9.84. The lowest BCUT2D eigenvalue weighted by Crippen LogP contribution is -2.10. The summed E-state index contributed by atoms with van der Waals surface area (Å²) in [6, 6.07) is 3.76. The van der Waals surface area contributed by atoms with Gasteiger partial charge >= 0.3 is 0 Å². The van der Waals surface area contributed by atoms with Crippen LogP contribution in [0.4, 0.5) is 0 Å². The summed E-state index contributed by atoms with van der Waals surface area (Å²) in [5.41, 5.74) is 0.905. The topological polar surface area (TPSA) is 36.4 Å². The van der Waals surface area contributed by atoms with E-state index in [1.807, 2.05) is 19.2 Å². The molecule has 1 heterocycles. The van der Waals surface area contributed by atoms with E-state index in [9.17, 15) is 5.11 Å². The number of rotatable bonds is 6. The zero-order chi connectivity index (χ0) is 11.1. The third kappa shape index (κ3) is 5.14. The summed E-state index contributed by atoms with van der Waals surface area (Å²) in [5.74, 6) is 0. The van der Waals surface area contributed by atoms with Crippen LogP contribution in [0.3, 0.4) is 0 Å². The Hall–Kier alpha value is 0.150. The van der Waals surface area contributed by atoms with Gasteiger partial charge in [0.15, 0.2) is 0 Å². The minimum absolute atomic E-state index is 0.383. The van der Waals surface area contributed by atoms with Crippen LogP contribution in [0.2, 0.25) is 0 Å². The lowest BCUT2D eigenvalue weighted by atomic mass is 10.1. The van der Waals surface area contributed by atoms with E-state index in [0.29, 0.717) is 0 Å². The van der Waals surface area contributed by atoms with E-state index in [4.69, 9.17) is 0 Å². The predicted octanol–water partition coefficient (Wildman–Crippen LogP) is 2.83. The second-order valence-electron chi connectivity index (χ2n) is 3.36. The first-order valence-electron chi connectivity index (χ1n) is 4.82. The Kier molecular flexibility index (Phi) is 6.54. The van der Waals surface area contributed by atoms with Crippen LogP contribution in [0, 0.1) is 0 Å². The number of nitrogens with zero attached hydrogens (tertiary/aromatic N) is 2. The molecule has 0 spiro atoms. The molecule has 0 aliphatic heterocycles. The van der Waals surface area contributed by atoms with Gasteiger partial charge in [-0.1, -0.05) is 6.07 Å². The van der Waals surface area contributed by atoms with Gasteiger partial charge in [-0.15, -0.1) is 0 Å². The van der Waals surface area contributed by atoms with E-state index in [1.165, 1.54) is 0 Å². The number of aliphatic hydroxyl groups excluding tert-OH is 1. The standard InChI is InChI=1S/C10H15IN2OS/c1-13(15-11)7-3-5-10(14)9-4-2-6-12-8-9/h2,4,6,8,10,14H,3,5,7H2,1H3. The van der Waals surface area contributed by atoms with Gasteiger partial charge in [0, 0.05) is 40.1 Å². The molecule has 15 heavy (non-hydrogen) atoms. The molecule has 84 valence electrons. The summed E-state index contributed by atoms with van der Waals surface area (Å²) in [4.78, 5) is 3.99. The lowest BCUT2D eigenvalue weighted by molar-refractivity contribution is 0.162. The van der Waals surface area contributed by atoms with Gasteiger partial charge in [-0.05, 0) is 40.6 Å². The number of halogens is 1. The zero-order valence-electron chi connectivity index (χ0n) is 8.64. The van der Waals surface area contributed by atoms with Crippen LogP contribution < -0.4 is 0 Å². The number of hydrogen-bond acceptors (Lipinski definition) is 4. The second-order valence-corrected chi connectivity index (χ2v) is 5.31. The zero-order valence-corrected chi connectivity index (χ0v) is 11.6. The average molecular weight is 338 g/mol. The van der Waals surface area contributed by atoms with Crippen molar-refractivity contribution in [2.45, 2.75) is 18.9 Å². The Morgan fingerprint density at radius 1 is 1.67 bits per heavy atom. The first-order valence-corrected chi connectivity index (χ1v) is 8.13. The molecule has 0 saturated heterocycles. The minimum Gasteiger partial charge on any atom is -0.388 e. The normalized spacial score (nSPS) is 13.1. The van der Waals surface area contributed by atoms with Crippen LogP contribution >= 0.6 is 30.3 Å². The lowest BCUT2D eigenvalue weighted by Gasteiger charge is -2.13. The molecular formula is C10H15IN2OS. The molecule has 1 unspecified atom stereocenters. The maximum Gasteiger partial charge on any atom is 0.0805 e. The number of pyridine rings is 1. The van der Waals surface area contributed by atoms with Crippen molar-refractivity contribution in [3.05, 3.63) is 30.1 Å². The van der Waals surface area contributed by atoms with E-state index >= 15 is 0 Å². The number of aliphatic hydroxyl groups is 1. The van der Waals surface area contributed by atoms with Crippen molar-refractivity contribution < 1.29 is 5.11 Å². The van der Waals surface area contributed by atoms with Gasteiger partial charge in [-0.2, -0.15) is 0 Å². The summed E-state index contributed by atoms with van der Waals surface area (Å²) >= 11 is 2.25. The molecule has 0 bridgehead atoms. The average Bonchev–Trinajstić information content (AvgIpc) is 2.29. The van der Waals surface area contributed by atoms with Crippen LogP contribution in [0.5, 0.6) is 0 Å². The fraction of sp³-hybridized carbons (Fsp3) is 0.500. The molecule has 1 rings (SSSR count). The van der Waals surface area contributed by atoms with Gasteiger partial charge in [-0.25, -0.2) is 4.31 Å². The largest absolute Gasteiger partial charge is 0.388 e. The van der Waals surface area contributed by atoms with E-state index in [0.717, 1.165) is 24.9 Å². The van der Waals surface area contributed by atoms with Crippen molar-refractivity contribution in [2.24, 2.45) is 0 Å². The minimum atomic E-state index is -0.383. The molecule has 0 aliphatic rings. The Bertz CT molecular complexity index is 273. The molecule has 1 atom stereocenters. The van der Waals surface area contributed by atoms with Gasteiger partial charge in [0.2, 0.25) is 0 Å². The summed E-state index contributed by atoms with van der Waals surface area (Å²) in [6.07, 6.45) is 4.83. The quantitative estimate of drug-likeness (QED) is 0.639. The van der Waals surface area contributed by atoms with Crippen LogP contribution in [-0.4, -0.2) is 28.0 Å². The molecule has 0 saturated carbocycles. The van der Waals surface area contributed by atoms with Crippen molar-refractivity contribution >= 4 is 30.3 Å². The summed E-state index contributed by atoms with van der Waals surface area (Å²) < 4.78 is 2.15. The van der Waals surface area contributed by atoms with Crippen molar-refractivity contribution in [2.75, 3.05) is 13.6 Å². The Morgan fingerprint density at radius 2 is 2.47 bits per heavy atom. The van der Waals surface area contributed by atoms with Crippen LogP contribution in [-0.2, 0) is 0 Å². The molecule has 0 fully saturated rings. The highest BCUT2D eigenvalue weighted by atomic mass is 127. The number of aromatic nitrogens is 1. The third-order valence-electron chi connectivity index (χ3n) is 2.14. The molecular weight excluding hydrogens is 323 g/mol. The smallest absolute Gasteiger partial charge is 0.0805 e. The molecule has 3 nitrogen and oxygen atoms in total. The van der Waals surface area contributed by atoms with Gasteiger partial charge in [0.1, 0.15) is 0 Å². The molecule has 0 amide bonds. The fourth-order valence-corrected chi connectivity index (χ4v) is 2.07. The molecule has 0 aromatic carbocycles. The van der Waals surface area contributed by atoms with Crippen molar-refractivity contribution in [3.8, 4) is 0 Å². The highest BCUT2D eigenvalue weighted by molar-refractivity contribution is 14.2. The van der Waals surface area contributed by atoms with Crippen molar-refractivity contribution in [1.29, 1.82) is 0 Å². The van der Waals surface area contributed by atoms with E-state index in [-0.39, 0.29) is 6.10 Å². The molecule has 1 aromatic rings. The van der Waals surface area contributed by atoms with Gasteiger partial charge in [-0.3, -0.25) is 4.98 Å². The summed E-state index contributed by atoms with van der Waals surface area (Å²) in [6.45, 7) is 0.991. The SMILES string of the molecule is CN(CCCC(O)c1cccnc1)SI. The van der Waals surface area contributed by atoms with Crippen molar-refractivity contribution in [1.82, 2.24) is 9.29 Å². The first kappa shape index (κ1) is 13.2. The molecule has 5 heteroatoms. The van der Waals surface area contributed by atoms with Crippen LogP contribution in [0.15, 0.2) is 24.5 Å². The monoisotopic (exact) mass is 338 g/mol. The highest BCUT2D eigenvalue weighted by Gasteiger charge is 2.07. The van der Waals surface area contributed by atoms with Gasteiger partial charge in [0.25, 0.3) is 0 Å². The Labute approximate surface area is 107 Å². The Balaban J connectivity index is 2.28. The van der Waals surface area contributed by atoms with Crippen molar-refractivity contribution in [3.63, 3.8) is 0 Å². The van der Waals surface area contributed by atoms with Gasteiger partial charge < -0.3 is 5.11 Å². The van der Waals surface area contributed by atoms with E-state index in [1.54, 1.807) is 21.5 Å². The maximum atomic E-state index is 9.84. The fourth-order valence-electron chi connectivity index (χ4n) is 1.28. The van der Waals surface area contributed by atoms with Crippen LogP contribution in [0.25, 0.3) is 0 Å². The molecule has 1 N–H and O–H groups in total. The molecule has 1 aromatic heterocycles. The third-order valence-corrected chi connectivity index (χ3v) is 4.57. The highest BCUT2D eigenvalue weighted by Crippen LogP contribution is 2.20. The van der Waals surface area contributed by atoms with Crippen LogP contribution in [0.1, 0.15) is 24.5 Å². The van der Waals surface area contributed by atoms with Gasteiger partial charge in [0.05, 0.1) is 6.10 Å². The number of hydrogen-bond donors (Lipinski definition) is 1. The van der Waals surface area contributed by atoms with E-state index in [2.05, 4.69) is 30.5 Å². The summed E-state index contributed by atoms with van der Waals surface area (Å²) in [5, 5.41) is 9.84.